The summed E-state index contributed by atoms with van der Waals surface area (Å²) in [6, 6.07) is 5.74. The van der Waals surface area contributed by atoms with E-state index < -0.39 is 40.0 Å². The third-order valence-electron chi connectivity index (χ3n) is 7.71. The predicted octanol–water partition coefficient (Wildman–Crippen LogP) is -5.22. The van der Waals surface area contributed by atoms with E-state index >= 15 is 8.78 Å². The zero-order valence-electron chi connectivity index (χ0n) is 22.1. The van der Waals surface area contributed by atoms with E-state index in [-0.39, 0.29) is 29.7 Å². The third-order valence-corrected chi connectivity index (χ3v) is 7.96. The Morgan fingerprint density at radius 1 is 1.11 bits per heavy atom. The summed E-state index contributed by atoms with van der Waals surface area (Å²) in [4.78, 5) is 52.3. The maximum absolute atomic E-state index is 15.1. The van der Waals surface area contributed by atoms with Crippen LogP contribution >= 0.6 is 11.6 Å². The molecule has 38 heavy (non-hydrogen) atoms. The topological polar surface area (TPSA) is 95.6 Å². The molecule has 1 saturated heterocycles. The Kier molecular flexibility index (Phi) is 6.92. The van der Waals surface area contributed by atoms with E-state index in [0.29, 0.717) is 27.6 Å². The highest BCUT2D eigenvalue weighted by Crippen LogP contribution is 2.38. The quantitative estimate of drug-likeness (QED) is 0.297. The smallest absolute Gasteiger partial charge is 0.349 e. The molecule has 0 aliphatic carbocycles. The monoisotopic (exact) mass is 533 g/mol. The Bertz CT molecular complexity index is 1390. The van der Waals surface area contributed by atoms with Gasteiger partial charge in [-0.3, -0.25) is 24.5 Å². The number of carbonyl (C=O) groups excluding carboxylic acids is 4. The molecule has 4 amide bonds. The standard InChI is InChI=1S/C22H24B6ClF2N3O4/c23-15-11(21(25,26)33-19(38)20(30,31)8-1-3-9(29)4-2-8)7-10-14(16(15)24)18(37)34(22(10,27)28)12-5-6-13(35)32-17(12)36/h1-4,7,12H,5-6,23-28H2,(H,33,38)(H,32,35,36). The molecule has 0 radical (unpaired) electrons. The molecule has 1 unspecified atom stereocenters. The van der Waals surface area contributed by atoms with Crippen LogP contribution in [0.25, 0.3) is 0 Å². The van der Waals surface area contributed by atoms with Crippen molar-refractivity contribution in [2.45, 2.75) is 35.5 Å². The van der Waals surface area contributed by atoms with Gasteiger partial charge in [0.05, 0.1) is 0 Å². The average Bonchev–Trinajstić information content (AvgIpc) is 3.01. The predicted molar refractivity (Wildman–Crippen MR) is 156 cm³/mol. The summed E-state index contributed by atoms with van der Waals surface area (Å²) in [6.07, 6.45) is 0.330. The first-order chi connectivity index (χ1) is 17.5. The fourth-order valence-electron chi connectivity index (χ4n) is 5.51. The van der Waals surface area contributed by atoms with Crippen molar-refractivity contribution < 1.29 is 28.0 Å². The summed E-state index contributed by atoms with van der Waals surface area (Å²) in [6.45, 7) is 0. The Morgan fingerprint density at radius 3 is 2.29 bits per heavy atom. The Morgan fingerprint density at radius 2 is 1.71 bits per heavy atom. The van der Waals surface area contributed by atoms with Crippen LogP contribution in [0.2, 0.25) is 5.02 Å². The summed E-state index contributed by atoms with van der Waals surface area (Å²) < 4.78 is 30.1. The number of hydrogen-bond acceptors (Lipinski definition) is 4. The highest BCUT2D eigenvalue weighted by Gasteiger charge is 2.50. The first-order valence-corrected chi connectivity index (χ1v) is 12.7. The lowest BCUT2D eigenvalue weighted by Gasteiger charge is -2.40. The molecule has 2 N–H and O–H groups in total. The van der Waals surface area contributed by atoms with Gasteiger partial charge in [0.15, 0.2) is 0 Å². The van der Waals surface area contributed by atoms with Gasteiger partial charge in [-0.15, -0.1) is 0 Å². The molecule has 16 heteroatoms. The number of alkyl halides is 2. The van der Waals surface area contributed by atoms with Crippen LogP contribution in [0.15, 0.2) is 30.3 Å². The average molecular weight is 533 g/mol. The van der Waals surface area contributed by atoms with E-state index in [1.807, 2.05) is 0 Å². The van der Waals surface area contributed by atoms with Gasteiger partial charge >= 0.3 is 5.92 Å². The largest absolute Gasteiger partial charge is 0.357 e. The number of piperidine rings is 1. The van der Waals surface area contributed by atoms with E-state index in [9.17, 15) is 19.2 Å². The van der Waals surface area contributed by atoms with Gasteiger partial charge in [-0.2, -0.15) is 8.78 Å². The van der Waals surface area contributed by atoms with Crippen LogP contribution < -0.4 is 21.6 Å². The lowest BCUT2D eigenvalue weighted by atomic mass is 9.51. The minimum absolute atomic E-state index is 0.122. The molecular weight excluding hydrogens is 509 g/mol. The van der Waals surface area contributed by atoms with Crippen molar-refractivity contribution in [1.82, 2.24) is 15.5 Å². The zero-order valence-corrected chi connectivity index (χ0v) is 22.8. The van der Waals surface area contributed by atoms with Gasteiger partial charge in [-0.1, -0.05) is 40.7 Å². The van der Waals surface area contributed by atoms with Gasteiger partial charge in [0.2, 0.25) is 11.8 Å². The number of rotatable bonds is 5. The molecule has 4 rings (SSSR count). The summed E-state index contributed by atoms with van der Waals surface area (Å²) in [5, 5.41) is 2.90. The van der Waals surface area contributed by atoms with Crippen LogP contribution in [-0.4, -0.2) is 81.6 Å². The first-order valence-electron chi connectivity index (χ1n) is 12.3. The number of nitrogens with one attached hydrogen (secondary N) is 2. The maximum atomic E-state index is 15.1. The first kappa shape index (κ1) is 28.1. The van der Waals surface area contributed by atoms with Gasteiger partial charge in [0.1, 0.15) is 53.1 Å². The van der Waals surface area contributed by atoms with E-state index in [1.165, 1.54) is 17.0 Å². The molecule has 2 aliphatic rings. The molecule has 0 bridgehead atoms. The van der Waals surface area contributed by atoms with Crippen molar-refractivity contribution in [3.05, 3.63) is 57.6 Å². The second-order valence-electron chi connectivity index (χ2n) is 11.0. The molecule has 1 atom stereocenters. The number of amides is 4. The van der Waals surface area contributed by atoms with Gasteiger partial charge < -0.3 is 10.2 Å². The summed E-state index contributed by atoms with van der Waals surface area (Å²) in [7, 11) is 10.4. The van der Waals surface area contributed by atoms with Crippen LogP contribution in [0.5, 0.6) is 0 Å². The molecule has 0 spiro atoms. The summed E-state index contributed by atoms with van der Waals surface area (Å²) in [5.74, 6) is -6.51. The molecule has 7 nitrogen and oxygen atoms in total. The molecule has 1 fully saturated rings. The number of imide groups is 1. The highest BCUT2D eigenvalue weighted by molar-refractivity contribution is 6.55. The van der Waals surface area contributed by atoms with Crippen molar-refractivity contribution in [2.24, 2.45) is 0 Å². The zero-order chi connectivity index (χ0) is 28.4. The van der Waals surface area contributed by atoms with Gasteiger partial charge in [-0.25, -0.2) is 0 Å². The van der Waals surface area contributed by atoms with Crippen LogP contribution in [0.3, 0.4) is 0 Å². The van der Waals surface area contributed by atoms with Crippen molar-refractivity contribution in [3.63, 3.8) is 0 Å². The number of halogens is 3. The molecule has 0 saturated carbocycles. The van der Waals surface area contributed by atoms with Crippen molar-refractivity contribution in [2.75, 3.05) is 0 Å². The second-order valence-corrected chi connectivity index (χ2v) is 11.4. The third kappa shape index (κ3) is 4.48. The molecule has 2 aromatic carbocycles. The SMILES string of the molecule is Bc1c(C(B)(B)NC(=O)C(F)(F)c2ccc(Cl)cc2)cc2c(c1B)C(=O)N(C1CCC(=O)NC1=O)C2(B)B. The summed E-state index contributed by atoms with van der Waals surface area (Å²) in [5.41, 5.74) is 2.45. The van der Waals surface area contributed by atoms with Gasteiger partial charge in [0, 0.05) is 33.2 Å². The molecule has 2 heterocycles. The van der Waals surface area contributed by atoms with Gasteiger partial charge in [-0.05, 0) is 29.7 Å². The Hall–Kier alpha value is -2.94. The normalized spacial score (nSPS) is 19.2. The van der Waals surface area contributed by atoms with Gasteiger partial charge in [0.25, 0.3) is 11.8 Å². The molecule has 0 aromatic heterocycles. The fraction of sp³-hybridized carbons (Fsp3) is 0.273. The van der Waals surface area contributed by atoms with E-state index in [1.54, 1.807) is 53.1 Å². The lowest BCUT2D eigenvalue weighted by molar-refractivity contribution is -0.147. The fourth-order valence-corrected chi connectivity index (χ4v) is 5.63. The molecular formula is C22H24B6ClF2N3O4. The number of benzene rings is 2. The maximum Gasteiger partial charge on any atom is 0.349 e. The molecule has 190 valence electrons. The van der Waals surface area contributed by atoms with Crippen molar-refractivity contribution in [3.8, 4) is 0 Å². The highest BCUT2D eigenvalue weighted by atomic mass is 35.5. The van der Waals surface area contributed by atoms with Crippen LogP contribution in [-0.2, 0) is 31.0 Å². The van der Waals surface area contributed by atoms with Crippen molar-refractivity contribution >= 4 is 93.2 Å². The Balaban J connectivity index is 1.72. The van der Waals surface area contributed by atoms with E-state index in [0.717, 1.165) is 12.1 Å². The van der Waals surface area contributed by atoms with E-state index in [4.69, 9.17) is 11.6 Å². The lowest BCUT2D eigenvalue weighted by Crippen LogP contribution is -2.59. The van der Waals surface area contributed by atoms with Crippen LogP contribution in [0.1, 0.15) is 39.9 Å². The van der Waals surface area contributed by atoms with Crippen LogP contribution in [0.4, 0.5) is 8.78 Å². The molecule has 2 aliphatic heterocycles. The summed E-state index contributed by atoms with van der Waals surface area (Å²) >= 11 is 5.80. The van der Waals surface area contributed by atoms with E-state index in [2.05, 4.69) is 10.6 Å². The minimum Gasteiger partial charge on any atom is -0.357 e. The minimum atomic E-state index is -3.81. The number of fused-ring (bicyclic) bond motifs is 1. The number of hydrogen-bond donors (Lipinski definition) is 2. The molecule has 2 aromatic rings. The Labute approximate surface area is 229 Å². The second kappa shape index (κ2) is 9.36. The van der Waals surface area contributed by atoms with Crippen LogP contribution in [0, 0.1) is 0 Å². The number of carbonyl (C=O) groups is 4. The van der Waals surface area contributed by atoms with Crippen molar-refractivity contribution in [1.29, 1.82) is 0 Å². The number of nitrogens with zero attached hydrogens (tertiary/aromatic N) is 1.